The average molecular weight is 425 g/mol. The molecule has 0 aliphatic heterocycles. The van der Waals surface area contributed by atoms with Crippen LogP contribution in [0, 0.1) is 0 Å². The molecule has 2 nitrogen and oxygen atoms in total. The normalized spacial score (nSPS) is 13.3. The van der Waals surface area contributed by atoms with E-state index in [-0.39, 0.29) is 0 Å². The summed E-state index contributed by atoms with van der Waals surface area (Å²) in [4.78, 5) is 0. The van der Waals surface area contributed by atoms with Crippen LogP contribution in [0.4, 0.5) is 0 Å². The zero-order valence-electron chi connectivity index (χ0n) is 19.9. The Morgan fingerprint density at radius 1 is 0.548 bits per heavy atom. The standard InChI is InChI=1S/C29H44O2/c1-3-5-7-9-11-21-28(30)26-19-15-13-17-24(26)23-25-18-14-16-20-27(25)29(31)22-12-10-8-6-4-2/h13-20,28-31H,3-12,21-23H2,1-2H3. The number of aliphatic hydroxyl groups excluding tert-OH is 2. The molecule has 2 rings (SSSR count). The van der Waals surface area contributed by atoms with Gasteiger partial charge in [-0.2, -0.15) is 0 Å². The molecule has 2 aromatic carbocycles. The van der Waals surface area contributed by atoms with Gasteiger partial charge in [-0.05, 0) is 41.5 Å². The minimum Gasteiger partial charge on any atom is -0.388 e. The lowest BCUT2D eigenvalue weighted by molar-refractivity contribution is 0.161. The molecular formula is C29H44O2. The SMILES string of the molecule is CCCCCCCC(O)c1ccccc1Cc1ccccc1C(O)CCCCCCC. The Morgan fingerprint density at radius 2 is 0.935 bits per heavy atom. The summed E-state index contributed by atoms with van der Waals surface area (Å²) in [5, 5.41) is 21.7. The summed E-state index contributed by atoms with van der Waals surface area (Å²) in [5.41, 5.74) is 4.43. The second kappa shape index (κ2) is 15.2. The Morgan fingerprint density at radius 3 is 1.35 bits per heavy atom. The van der Waals surface area contributed by atoms with Crippen LogP contribution in [0.2, 0.25) is 0 Å². The number of benzene rings is 2. The molecule has 0 bridgehead atoms. The second-order valence-electron chi connectivity index (χ2n) is 9.01. The lowest BCUT2D eigenvalue weighted by Gasteiger charge is -2.19. The first kappa shape index (κ1) is 25.6. The van der Waals surface area contributed by atoms with Crippen molar-refractivity contribution in [3.63, 3.8) is 0 Å². The van der Waals surface area contributed by atoms with Gasteiger partial charge in [-0.1, -0.05) is 127 Å². The molecule has 0 saturated heterocycles. The number of rotatable bonds is 16. The molecule has 0 aliphatic rings. The maximum absolute atomic E-state index is 10.9. The second-order valence-corrected chi connectivity index (χ2v) is 9.01. The Balaban J connectivity index is 2.01. The van der Waals surface area contributed by atoms with Crippen LogP contribution >= 0.6 is 0 Å². The molecule has 0 saturated carbocycles. The molecule has 31 heavy (non-hydrogen) atoms. The van der Waals surface area contributed by atoms with Crippen molar-refractivity contribution in [3.8, 4) is 0 Å². The molecule has 2 aromatic rings. The molecule has 0 heterocycles. The van der Waals surface area contributed by atoms with Gasteiger partial charge in [0.2, 0.25) is 0 Å². The van der Waals surface area contributed by atoms with Crippen molar-refractivity contribution in [1.29, 1.82) is 0 Å². The molecule has 0 fully saturated rings. The number of hydrogen-bond donors (Lipinski definition) is 2. The average Bonchev–Trinajstić information content (AvgIpc) is 2.79. The van der Waals surface area contributed by atoms with Gasteiger partial charge in [0.15, 0.2) is 0 Å². The Hall–Kier alpha value is -1.64. The number of aliphatic hydroxyl groups is 2. The van der Waals surface area contributed by atoms with Crippen molar-refractivity contribution in [2.75, 3.05) is 0 Å². The summed E-state index contributed by atoms with van der Waals surface area (Å²) >= 11 is 0. The van der Waals surface area contributed by atoms with E-state index in [1.807, 2.05) is 12.1 Å². The molecule has 2 heteroatoms. The third-order valence-corrected chi connectivity index (χ3v) is 6.37. The highest BCUT2D eigenvalue weighted by atomic mass is 16.3. The van der Waals surface area contributed by atoms with Gasteiger partial charge in [-0.3, -0.25) is 0 Å². The van der Waals surface area contributed by atoms with Gasteiger partial charge >= 0.3 is 0 Å². The first-order valence-electron chi connectivity index (χ1n) is 12.7. The van der Waals surface area contributed by atoms with Gasteiger partial charge in [0.25, 0.3) is 0 Å². The van der Waals surface area contributed by atoms with Crippen molar-refractivity contribution >= 4 is 0 Å². The van der Waals surface area contributed by atoms with E-state index < -0.39 is 12.2 Å². The first-order valence-corrected chi connectivity index (χ1v) is 12.7. The topological polar surface area (TPSA) is 40.5 Å². The van der Waals surface area contributed by atoms with E-state index in [9.17, 15) is 10.2 Å². The molecule has 0 amide bonds. The predicted molar refractivity (Wildman–Crippen MR) is 132 cm³/mol. The lowest BCUT2D eigenvalue weighted by atomic mass is 9.90. The zero-order chi connectivity index (χ0) is 22.3. The van der Waals surface area contributed by atoms with Gasteiger partial charge in [0.1, 0.15) is 0 Å². The molecule has 0 aliphatic carbocycles. The molecular weight excluding hydrogens is 380 g/mol. The number of hydrogen-bond acceptors (Lipinski definition) is 2. The highest BCUT2D eigenvalue weighted by molar-refractivity contribution is 5.38. The third-order valence-electron chi connectivity index (χ3n) is 6.37. The van der Waals surface area contributed by atoms with Gasteiger partial charge in [0, 0.05) is 0 Å². The van der Waals surface area contributed by atoms with Crippen LogP contribution in [0.15, 0.2) is 48.5 Å². The van der Waals surface area contributed by atoms with Crippen LogP contribution in [0.1, 0.15) is 125 Å². The molecule has 2 unspecified atom stereocenters. The van der Waals surface area contributed by atoms with Gasteiger partial charge in [0.05, 0.1) is 12.2 Å². The Labute approximate surface area is 190 Å². The smallest absolute Gasteiger partial charge is 0.0792 e. The maximum atomic E-state index is 10.9. The van der Waals surface area contributed by atoms with Crippen molar-refractivity contribution in [2.45, 2.75) is 110 Å². The fourth-order valence-electron chi connectivity index (χ4n) is 4.44. The summed E-state index contributed by atoms with van der Waals surface area (Å²) in [7, 11) is 0. The van der Waals surface area contributed by atoms with E-state index >= 15 is 0 Å². The molecule has 0 radical (unpaired) electrons. The Kier molecular flexibility index (Phi) is 12.6. The molecule has 2 N–H and O–H groups in total. The molecule has 172 valence electrons. The van der Waals surface area contributed by atoms with Crippen LogP contribution in [-0.2, 0) is 6.42 Å². The summed E-state index contributed by atoms with van der Waals surface area (Å²) in [6.07, 6.45) is 13.7. The zero-order valence-corrected chi connectivity index (χ0v) is 19.9. The molecule has 2 atom stereocenters. The van der Waals surface area contributed by atoms with Crippen LogP contribution in [0.3, 0.4) is 0 Å². The maximum Gasteiger partial charge on any atom is 0.0792 e. The van der Waals surface area contributed by atoms with Crippen LogP contribution < -0.4 is 0 Å². The van der Waals surface area contributed by atoms with Gasteiger partial charge in [-0.15, -0.1) is 0 Å². The van der Waals surface area contributed by atoms with Crippen molar-refractivity contribution in [3.05, 3.63) is 70.8 Å². The quantitative estimate of drug-likeness (QED) is 0.267. The van der Waals surface area contributed by atoms with E-state index in [2.05, 4.69) is 50.2 Å². The lowest BCUT2D eigenvalue weighted by Crippen LogP contribution is -2.06. The minimum absolute atomic E-state index is 0.409. The summed E-state index contributed by atoms with van der Waals surface area (Å²) < 4.78 is 0. The van der Waals surface area contributed by atoms with E-state index in [4.69, 9.17) is 0 Å². The predicted octanol–water partition coefficient (Wildman–Crippen LogP) is 8.07. The Bertz CT molecular complexity index is 663. The minimum atomic E-state index is -0.409. The fourth-order valence-corrected chi connectivity index (χ4v) is 4.44. The van der Waals surface area contributed by atoms with Crippen LogP contribution in [-0.4, -0.2) is 10.2 Å². The molecule has 0 aromatic heterocycles. The highest BCUT2D eigenvalue weighted by Crippen LogP contribution is 2.29. The van der Waals surface area contributed by atoms with Gasteiger partial charge < -0.3 is 10.2 Å². The van der Waals surface area contributed by atoms with Crippen molar-refractivity contribution in [2.24, 2.45) is 0 Å². The van der Waals surface area contributed by atoms with E-state index in [0.29, 0.717) is 0 Å². The summed E-state index contributed by atoms with van der Waals surface area (Å²) in [6, 6.07) is 16.6. The van der Waals surface area contributed by atoms with Crippen LogP contribution in [0.5, 0.6) is 0 Å². The summed E-state index contributed by atoms with van der Waals surface area (Å²) in [5.74, 6) is 0. The number of unbranched alkanes of at least 4 members (excludes halogenated alkanes) is 8. The highest BCUT2D eigenvalue weighted by Gasteiger charge is 2.16. The first-order chi connectivity index (χ1) is 15.2. The third kappa shape index (κ3) is 9.17. The van der Waals surface area contributed by atoms with Crippen LogP contribution in [0.25, 0.3) is 0 Å². The monoisotopic (exact) mass is 424 g/mol. The van der Waals surface area contributed by atoms with Crippen molar-refractivity contribution < 1.29 is 10.2 Å². The largest absolute Gasteiger partial charge is 0.388 e. The van der Waals surface area contributed by atoms with E-state index in [1.54, 1.807) is 0 Å². The molecule has 0 spiro atoms. The van der Waals surface area contributed by atoms with Crippen molar-refractivity contribution in [1.82, 2.24) is 0 Å². The van der Waals surface area contributed by atoms with E-state index in [0.717, 1.165) is 43.2 Å². The van der Waals surface area contributed by atoms with E-state index in [1.165, 1.54) is 62.5 Å². The summed E-state index contributed by atoms with van der Waals surface area (Å²) in [6.45, 7) is 4.46. The fraction of sp³-hybridized carbons (Fsp3) is 0.586. The van der Waals surface area contributed by atoms with Gasteiger partial charge in [-0.25, -0.2) is 0 Å².